The molecule has 0 radical (unpaired) electrons. The first-order valence-corrected chi connectivity index (χ1v) is 10.1. The molecule has 0 unspecified atom stereocenters. The van der Waals surface area contributed by atoms with Crippen LogP contribution in [0.4, 0.5) is 10.7 Å². The van der Waals surface area contributed by atoms with Crippen LogP contribution in [0.2, 0.25) is 0 Å². The minimum absolute atomic E-state index is 0.352. The van der Waals surface area contributed by atoms with Gasteiger partial charge in [0.1, 0.15) is 5.00 Å². The summed E-state index contributed by atoms with van der Waals surface area (Å²) in [7, 11) is 1.39. The van der Waals surface area contributed by atoms with Gasteiger partial charge in [0.15, 0.2) is 5.11 Å². The topological polar surface area (TPSA) is 68.2 Å². The maximum atomic E-state index is 12.2. The van der Waals surface area contributed by atoms with Crippen molar-refractivity contribution in [1.29, 1.82) is 0 Å². The second-order valence-electron chi connectivity index (χ2n) is 6.17. The first kappa shape index (κ1) is 20.0. The normalized spacial score (nSPS) is 10.5. The number of nitrogens with zero attached hydrogens (tertiary/aromatic N) is 2. The Hall–Kier alpha value is -2.71. The molecule has 6 nitrogen and oxygen atoms in total. The highest BCUT2D eigenvalue weighted by atomic mass is 32.1. The molecule has 28 heavy (non-hydrogen) atoms. The molecule has 3 aromatic rings. The summed E-state index contributed by atoms with van der Waals surface area (Å²) in [5, 5.41) is 11.6. The molecule has 0 saturated carbocycles. The highest BCUT2D eigenvalue weighted by molar-refractivity contribution is 7.80. The van der Waals surface area contributed by atoms with Crippen molar-refractivity contribution in [2.24, 2.45) is 0 Å². The third-order valence-corrected chi connectivity index (χ3v) is 5.56. The number of nitrogens with one attached hydrogen (secondary N) is 2. The molecule has 0 atom stereocenters. The monoisotopic (exact) mass is 414 g/mol. The van der Waals surface area contributed by atoms with Crippen LogP contribution in [0.15, 0.2) is 42.7 Å². The molecular weight excluding hydrogens is 392 g/mol. The van der Waals surface area contributed by atoms with Crippen molar-refractivity contribution < 1.29 is 9.53 Å². The van der Waals surface area contributed by atoms with Crippen LogP contribution in [0.3, 0.4) is 0 Å². The van der Waals surface area contributed by atoms with Crippen LogP contribution in [-0.2, 0) is 17.7 Å². The Kier molecular flexibility index (Phi) is 6.43. The van der Waals surface area contributed by atoms with Gasteiger partial charge in [-0.2, -0.15) is 5.10 Å². The molecule has 0 spiro atoms. The van der Waals surface area contributed by atoms with Crippen LogP contribution in [0.5, 0.6) is 0 Å². The number of hydrogen-bond donors (Lipinski definition) is 2. The van der Waals surface area contributed by atoms with E-state index in [0.717, 1.165) is 28.1 Å². The van der Waals surface area contributed by atoms with E-state index in [1.165, 1.54) is 18.4 Å². The zero-order chi connectivity index (χ0) is 20.1. The molecule has 146 valence electrons. The Morgan fingerprint density at radius 1 is 1.29 bits per heavy atom. The number of aromatic nitrogens is 2. The first-order chi connectivity index (χ1) is 13.5. The van der Waals surface area contributed by atoms with E-state index in [9.17, 15) is 4.79 Å². The van der Waals surface area contributed by atoms with Gasteiger partial charge < -0.3 is 15.4 Å². The number of ether oxygens (including phenoxy) is 1. The SMILES string of the molecule is CCc1c(C)sc(NC(=S)Nc2ccc(Cn3cccn3)cc2)c1C(=O)OC. The van der Waals surface area contributed by atoms with Crippen molar-refractivity contribution >= 4 is 45.3 Å². The zero-order valence-corrected chi connectivity index (χ0v) is 17.6. The van der Waals surface area contributed by atoms with Crippen LogP contribution in [0, 0.1) is 6.92 Å². The van der Waals surface area contributed by atoms with Crippen LogP contribution in [0.1, 0.15) is 33.3 Å². The lowest BCUT2D eigenvalue weighted by atomic mass is 10.1. The Bertz CT molecular complexity index is 963. The second-order valence-corrected chi connectivity index (χ2v) is 7.80. The number of carbonyl (C=O) groups excluding carboxylic acids is 1. The molecule has 2 heterocycles. The van der Waals surface area contributed by atoms with Gasteiger partial charge in [0, 0.05) is 23.0 Å². The fourth-order valence-corrected chi connectivity index (χ4v) is 4.37. The molecule has 0 aliphatic carbocycles. The maximum Gasteiger partial charge on any atom is 0.341 e. The van der Waals surface area contributed by atoms with Gasteiger partial charge in [0.25, 0.3) is 0 Å². The largest absolute Gasteiger partial charge is 0.465 e. The fraction of sp³-hybridized carbons (Fsp3) is 0.250. The van der Waals surface area contributed by atoms with Gasteiger partial charge in [-0.25, -0.2) is 4.79 Å². The summed E-state index contributed by atoms with van der Waals surface area (Å²) in [4.78, 5) is 13.3. The minimum atomic E-state index is -0.352. The molecule has 3 rings (SSSR count). The zero-order valence-electron chi connectivity index (χ0n) is 16.0. The predicted molar refractivity (Wildman–Crippen MR) is 117 cm³/mol. The van der Waals surface area contributed by atoms with E-state index in [1.807, 2.05) is 55.1 Å². The number of carbonyl (C=O) groups is 1. The molecule has 2 N–H and O–H groups in total. The highest BCUT2D eigenvalue weighted by Gasteiger charge is 2.22. The average Bonchev–Trinajstić information content (AvgIpc) is 3.29. The molecule has 0 bridgehead atoms. The van der Waals surface area contributed by atoms with E-state index < -0.39 is 0 Å². The van der Waals surface area contributed by atoms with Crippen molar-refractivity contribution in [3.8, 4) is 0 Å². The number of hydrogen-bond acceptors (Lipinski definition) is 5. The van der Waals surface area contributed by atoms with Gasteiger partial charge in [-0.3, -0.25) is 4.68 Å². The third-order valence-electron chi connectivity index (χ3n) is 4.29. The Morgan fingerprint density at radius 3 is 2.64 bits per heavy atom. The molecule has 0 fully saturated rings. The number of benzene rings is 1. The standard InChI is InChI=1S/C20H22N4O2S2/c1-4-16-13(2)28-18(17(16)19(25)26-3)23-20(27)22-15-8-6-14(7-9-15)12-24-11-5-10-21-24/h5-11H,4,12H2,1-3H3,(H2,22,23,27). The lowest BCUT2D eigenvalue weighted by Crippen LogP contribution is -2.20. The number of methoxy groups -OCH3 is 1. The number of thiophene rings is 1. The van der Waals surface area contributed by atoms with E-state index in [0.29, 0.717) is 22.2 Å². The van der Waals surface area contributed by atoms with Crippen molar-refractivity contribution in [2.75, 3.05) is 17.7 Å². The van der Waals surface area contributed by atoms with Gasteiger partial charge in [-0.05, 0) is 54.9 Å². The van der Waals surface area contributed by atoms with Gasteiger partial charge in [-0.15, -0.1) is 11.3 Å². The minimum Gasteiger partial charge on any atom is -0.465 e. The fourth-order valence-electron chi connectivity index (χ4n) is 2.95. The number of aryl methyl sites for hydroxylation is 1. The summed E-state index contributed by atoms with van der Waals surface area (Å²) in [6.45, 7) is 4.73. The molecule has 0 saturated heterocycles. The van der Waals surface area contributed by atoms with Crippen LogP contribution in [-0.4, -0.2) is 28.0 Å². The molecule has 2 aromatic heterocycles. The van der Waals surface area contributed by atoms with Crippen LogP contribution in [0.25, 0.3) is 0 Å². The predicted octanol–water partition coefficient (Wildman–Crippen LogP) is 4.46. The Morgan fingerprint density at radius 2 is 2.04 bits per heavy atom. The van der Waals surface area contributed by atoms with Gasteiger partial charge in [-0.1, -0.05) is 19.1 Å². The molecule has 0 aliphatic rings. The van der Waals surface area contributed by atoms with Crippen molar-refractivity contribution in [3.05, 3.63) is 64.3 Å². The second kappa shape index (κ2) is 8.99. The number of esters is 1. The molecule has 8 heteroatoms. The van der Waals surface area contributed by atoms with E-state index in [2.05, 4.69) is 15.7 Å². The van der Waals surface area contributed by atoms with Gasteiger partial charge >= 0.3 is 5.97 Å². The third kappa shape index (κ3) is 4.58. The van der Waals surface area contributed by atoms with Crippen molar-refractivity contribution in [3.63, 3.8) is 0 Å². The van der Waals surface area contributed by atoms with Crippen molar-refractivity contribution in [1.82, 2.24) is 9.78 Å². The summed E-state index contributed by atoms with van der Waals surface area (Å²) >= 11 is 6.94. The molecular formula is C20H22N4O2S2. The lowest BCUT2D eigenvalue weighted by molar-refractivity contribution is 0.0601. The summed E-state index contributed by atoms with van der Waals surface area (Å²) in [5.41, 5.74) is 3.56. The summed E-state index contributed by atoms with van der Waals surface area (Å²) in [5.74, 6) is -0.352. The molecule has 0 amide bonds. The summed E-state index contributed by atoms with van der Waals surface area (Å²) < 4.78 is 6.81. The maximum absolute atomic E-state index is 12.2. The number of thiocarbonyl (C=S) groups is 1. The number of anilines is 2. The quantitative estimate of drug-likeness (QED) is 0.459. The smallest absolute Gasteiger partial charge is 0.341 e. The van der Waals surface area contributed by atoms with Gasteiger partial charge in [0.05, 0.1) is 19.2 Å². The van der Waals surface area contributed by atoms with Crippen LogP contribution < -0.4 is 10.6 Å². The highest BCUT2D eigenvalue weighted by Crippen LogP contribution is 2.34. The Balaban J connectivity index is 1.68. The van der Waals surface area contributed by atoms with E-state index in [4.69, 9.17) is 17.0 Å². The van der Waals surface area contributed by atoms with Crippen molar-refractivity contribution in [2.45, 2.75) is 26.8 Å². The van der Waals surface area contributed by atoms with E-state index >= 15 is 0 Å². The van der Waals surface area contributed by atoms with Crippen LogP contribution >= 0.6 is 23.6 Å². The molecule has 1 aromatic carbocycles. The molecule has 0 aliphatic heterocycles. The Labute approximate surface area is 173 Å². The number of rotatable bonds is 6. The van der Waals surface area contributed by atoms with Gasteiger partial charge in [0.2, 0.25) is 0 Å². The van der Waals surface area contributed by atoms with E-state index in [-0.39, 0.29) is 5.97 Å². The lowest BCUT2D eigenvalue weighted by Gasteiger charge is -2.11. The van der Waals surface area contributed by atoms with E-state index in [1.54, 1.807) is 6.20 Å². The average molecular weight is 415 g/mol. The summed E-state index contributed by atoms with van der Waals surface area (Å²) in [6.07, 6.45) is 4.45. The summed E-state index contributed by atoms with van der Waals surface area (Å²) in [6, 6.07) is 9.88. The first-order valence-electron chi connectivity index (χ1n) is 8.86.